The summed E-state index contributed by atoms with van der Waals surface area (Å²) in [4.78, 5) is 0. The van der Waals surface area contributed by atoms with E-state index in [9.17, 15) is 0 Å². The summed E-state index contributed by atoms with van der Waals surface area (Å²) in [6.45, 7) is 4.45. The predicted molar refractivity (Wildman–Crippen MR) is 46.4 cm³/mol. The van der Waals surface area contributed by atoms with Crippen LogP contribution in [0, 0.1) is 0 Å². The molecule has 0 radical (unpaired) electrons. The molecule has 2 unspecified atom stereocenters. The fraction of sp³-hybridized carbons (Fsp3) is 1.00. The van der Waals surface area contributed by atoms with Gasteiger partial charge in [-0.05, 0) is 13.3 Å². The fourth-order valence-electron chi connectivity index (χ4n) is 0.784. The molecule has 1 N–H and O–H groups in total. The highest BCUT2D eigenvalue weighted by Crippen LogP contribution is 2.02. The molecule has 56 valence electrons. The number of rotatable bonds is 5. The average molecular weight is 147 g/mol. The second-order valence-electron chi connectivity index (χ2n) is 2.56. The Labute approximate surface area is 60.9 Å². The highest BCUT2D eigenvalue weighted by molar-refractivity contribution is 7.13. The van der Waals surface area contributed by atoms with Crippen molar-refractivity contribution >= 4 is 9.39 Å². The minimum Gasteiger partial charge on any atom is -0.298 e. The van der Waals surface area contributed by atoms with Gasteiger partial charge in [0, 0.05) is 6.04 Å². The molecule has 0 rings (SSSR count). The molecule has 0 aromatic rings. The molecule has 0 aliphatic heterocycles. The Morgan fingerprint density at radius 1 is 1.44 bits per heavy atom. The molecule has 0 fully saturated rings. The summed E-state index contributed by atoms with van der Waals surface area (Å²) in [5.74, 6) is 0. The normalized spacial score (nSPS) is 13.7. The van der Waals surface area contributed by atoms with Crippen molar-refractivity contribution < 1.29 is 0 Å². The summed E-state index contributed by atoms with van der Waals surface area (Å²) in [5.41, 5.74) is 0. The van der Waals surface area contributed by atoms with E-state index in [1.807, 2.05) is 0 Å². The van der Waals surface area contributed by atoms with E-state index in [0.717, 1.165) is 0 Å². The minimum atomic E-state index is 0.668. The molecule has 0 aliphatic carbocycles. The minimum absolute atomic E-state index is 0.668. The van der Waals surface area contributed by atoms with E-state index in [4.69, 9.17) is 0 Å². The highest BCUT2D eigenvalue weighted by Gasteiger charge is 1.94. The van der Waals surface area contributed by atoms with Gasteiger partial charge in [0.2, 0.25) is 0 Å². The van der Waals surface area contributed by atoms with Crippen LogP contribution in [-0.2, 0) is 0 Å². The molecule has 0 bridgehead atoms. The van der Waals surface area contributed by atoms with Crippen molar-refractivity contribution in [1.29, 1.82) is 0 Å². The Hall–Kier alpha value is 0.390. The molecule has 9 heavy (non-hydrogen) atoms. The first kappa shape index (κ1) is 9.39. The summed E-state index contributed by atoms with van der Waals surface area (Å²) >= 11 is 0. The van der Waals surface area contributed by atoms with Crippen molar-refractivity contribution in [3.63, 3.8) is 0 Å². The highest BCUT2D eigenvalue weighted by atomic mass is 31.0. The lowest BCUT2D eigenvalue weighted by Crippen LogP contribution is -2.14. The zero-order valence-electron chi connectivity index (χ0n) is 6.48. The van der Waals surface area contributed by atoms with Crippen LogP contribution in [0.4, 0.5) is 0 Å². The second-order valence-corrected chi connectivity index (χ2v) is 2.90. The number of hydrogen-bond acceptors (Lipinski definition) is 1. The predicted octanol–water partition coefficient (Wildman–Crippen LogP) is 2.33. The molecule has 0 aliphatic rings. The van der Waals surface area contributed by atoms with E-state index in [-0.39, 0.29) is 0 Å². The lowest BCUT2D eigenvalue weighted by Gasteiger charge is -2.07. The fourth-order valence-corrected chi connectivity index (χ4v) is 0.951. The molecule has 2 heteroatoms. The van der Waals surface area contributed by atoms with Crippen molar-refractivity contribution in [1.82, 2.24) is 5.09 Å². The summed E-state index contributed by atoms with van der Waals surface area (Å²) in [6.07, 6.45) is 5.36. The first-order chi connectivity index (χ1) is 4.31. The third-order valence-electron chi connectivity index (χ3n) is 1.53. The Bertz CT molecular complexity index is 56.9. The molecule has 0 heterocycles. The first-order valence-electron chi connectivity index (χ1n) is 3.77. The molecular formula is C7H18NP. The maximum Gasteiger partial charge on any atom is 0.00705 e. The van der Waals surface area contributed by atoms with Gasteiger partial charge in [-0.1, -0.05) is 35.6 Å². The van der Waals surface area contributed by atoms with Gasteiger partial charge >= 0.3 is 0 Å². The van der Waals surface area contributed by atoms with E-state index in [1.54, 1.807) is 0 Å². The van der Waals surface area contributed by atoms with E-state index in [2.05, 4.69) is 28.3 Å². The topological polar surface area (TPSA) is 12.0 Å². The quantitative estimate of drug-likeness (QED) is 0.465. The van der Waals surface area contributed by atoms with Gasteiger partial charge in [0.05, 0.1) is 0 Å². The Kier molecular flexibility index (Phi) is 6.79. The van der Waals surface area contributed by atoms with Crippen LogP contribution in [0.2, 0.25) is 0 Å². The van der Waals surface area contributed by atoms with E-state index in [0.29, 0.717) is 6.04 Å². The lowest BCUT2D eigenvalue weighted by molar-refractivity contribution is 0.568. The summed E-state index contributed by atoms with van der Waals surface area (Å²) in [5, 5.41) is 3.14. The number of nitrogens with one attached hydrogen (secondary N) is 1. The zero-order valence-corrected chi connectivity index (χ0v) is 7.64. The van der Waals surface area contributed by atoms with Gasteiger partial charge in [-0.3, -0.25) is 5.09 Å². The van der Waals surface area contributed by atoms with Crippen LogP contribution in [0.1, 0.15) is 39.5 Å². The van der Waals surface area contributed by atoms with Crippen LogP contribution >= 0.6 is 9.39 Å². The van der Waals surface area contributed by atoms with Crippen molar-refractivity contribution in [2.75, 3.05) is 0 Å². The van der Waals surface area contributed by atoms with Gasteiger partial charge in [0.1, 0.15) is 0 Å². The van der Waals surface area contributed by atoms with Gasteiger partial charge in [0.15, 0.2) is 0 Å². The zero-order chi connectivity index (χ0) is 7.11. The molecule has 0 spiro atoms. The summed E-state index contributed by atoms with van der Waals surface area (Å²) in [7, 11) is 2.55. The number of unbranched alkanes of at least 4 members (excludes halogenated alkanes) is 2. The second kappa shape index (κ2) is 6.51. The monoisotopic (exact) mass is 147 g/mol. The van der Waals surface area contributed by atoms with E-state index in [1.165, 1.54) is 25.7 Å². The maximum atomic E-state index is 3.14. The van der Waals surface area contributed by atoms with Crippen molar-refractivity contribution in [2.45, 2.75) is 45.6 Å². The third kappa shape index (κ3) is 6.27. The lowest BCUT2D eigenvalue weighted by atomic mass is 10.1. The smallest absolute Gasteiger partial charge is 0.00705 e. The van der Waals surface area contributed by atoms with Gasteiger partial charge < -0.3 is 0 Å². The van der Waals surface area contributed by atoms with Gasteiger partial charge in [-0.2, -0.15) is 0 Å². The summed E-state index contributed by atoms with van der Waals surface area (Å²) in [6, 6.07) is 0.668. The maximum absolute atomic E-state index is 3.14. The molecule has 0 saturated carbocycles. The first-order valence-corrected chi connectivity index (χ1v) is 4.35. The van der Waals surface area contributed by atoms with Gasteiger partial charge in [-0.15, -0.1) is 0 Å². The SMILES string of the molecule is CCCCCC(C)NP. The largest absolute Gasteiger partial charge is 0.298 e. The molecule has 0 saturated heterocycles. The van der Waals surface area contributed by atoms with Gasteiger partial charge in [0.25, 0.3) is 0 Å². The van der Waals surface area contributed by atoms with E-state index >= 15 is 0 Å². The van der Waals surface area contributed by atoms with Crippen LogP contribution in [0.25, 0.3) is 0 Å². The van der Waals surface area contributed by atoms with Crippen molar-refractivity contribution in [3.8, 4) is 0 Å². The Balaban J connectivity index is 2.88. The average Bonchev–Trinajstić information content (AvgIpc) is 1.89. The van der Waals surface area contributed by atoms with Crippen LogP contribution in [-0.4, -0.2) is 6.04 Å². The van der Waals surface area contributed by atoms with Crippen LogP contribution in [0.15, 0.2) is 0 Å². The third-order valence-corrected chi connectivity index (χ3v) is 2.09. The molecule has 1 nitrogen and oxygen atoms in total. The molecular weight excluding hydrogens is 129 g/mol. The number of hydrogen-bond donors (Lipinski definition) is 1. The Morgan fingerprint density at radius 2 is 2.11 bits per heavy atom. The van der Waals surface area contributed by atoms with Crippen molar-refractivity contribution in [2.24, 2.45) is 0 Å². The molecule has 0 aromatic heterocycles. The van der Waals surface area contributed by atoms with Crippen LogP contribution < -0.4 is 5.09 Å². The van der Waals surface area contributed by atoms with Crippen molar-refractivity contribution in [3.05, 3.63) is 0 Å². The van der Waals surface area contributed by atoms with Crippen LogP contribution in [0.3, 0.4) is 0 Å². The molecule has 2 atom stereocenters. The molecule has 0 aromatic carbocycles. The van der Waals surface area contributed by atoms with Gasteiger partial charge in [-0.25, -0.2) is 0 Å². The Morgan fingerprint density at radius 3 is 2.56 bits per heavy atom. The summed E-state index contributed by atoms with van der Waals surface area (Å²) < 4.78 is 0. The molecule has 0 amide bonds. The standard InChI is InChI=1S/C7H18NP/c1-3-4-5-6-7(2)8-9/h7-8H,3-6,9H2,1-2H3. The van der Waals surface area contributed by atoms with E-state index < -0.39 is 0 Å². The van der Waals surface area contributed by atoms with Crippen LogP contribution in [0.5, 0.6) is 0 Å².